The minimum Gasteiger partial charge on any atom is -0.508 e. The van der Waals surface area contributed by atoms with Gasteiger partial charge in [-0.1, -0.05) is 30.3 Å². The van der Waals surface area contributed by atoms with Crippen molar-refractivity contribution >= 4 is 0 Å². The number of para-hydroxylation sites is 1. The van der Waals surface area contributed by atoms with Crippen LogP contribution < -0.4 is 0 Å². The number of nitrogens with zero attached hydrogens (tertiary/aromatic N) is 1. The molecule has 3 nitrogen and oxygen atoms in total. The highest BCUT2D eigenvalue weighted by Crippen LogP contribution is 2.45. The molecule has 0 saturated heterocycles. The molecule has 0 spiro atoms. The molecule has 0 atom stereocenters. The van der Waals surface area contributed by atoms with E-state index in [2.05, 4.69) is 0 Å². The average Bonchev–Trinajstić information content (AvgIpc) is 3.10. The van der Waals surface area contributed by atoms with Crippen molar-refractivity contribution in [2.75, 3.05) is 0 Å². The summed E-state index contributed by atoms with van der Waals surface area (Å²) in [5.41, 5.74) is 4.43. The number of aromatic hydroxyl groups is 2. The first-order chi connectivity index (χ1) is 14.8. The molecule has 0 radical (unpaired) electrons. The van der Waals surface area contributed by atoms with Crippen LogP contribution in [0.2, 0.25) is 0 Å². The van der Waals surface area contributed by atoms with Gasteiger partial charge in [0.15, 0.2) is 0 Å². The number of halogens is 3. The number of aromatic nitrogens is 1. The summed E-state index contributed by atoms with van der Waals surface area (Å²) in [6, 6.07) is 18.6. The van der Waals surface area contributed by atoms with Crippen LogP contribution in [0.25, 0.3) is 33.6 Å². The van der Waals surface area contributed by atoms with E-state index in [1.165, 1.54) is 6.07 Å². The van der Waals surface area contributed by atoms with Crippen molar-refractivity contribution in [2.24, 2.45) is 0 Å². The van der Waals surface area contributed by atoms with Gasteiger partial charge in [-0.05, 0) is 59.2 Å². The molecule has 6 heteroatoms. The number of hydrogen-bond acceptors (Lipinski definition) is 3. The van der Waals surface area contributed by atoms with Gasteiger partial charge in [-0.15, -0.1) is 0 Å². The van der Waals surface area contributed by atoms with Crippen LogP contribution in [-0.2, 0) is 12.6 Å². The highest BCUT2D eigenvalue weighted by Gasteiger charge is 2.31. The summed E-state index contributed by atoms with van der Waals surface area (Å²) >= 11 is 0. The molecule has 0 bridgehead atoms. The first kappa shape index (κ1) is 19.2. The highest BCUT2D eigenvalue weighted by molar-refractivity contribution is 5.87. The molecule has 3 aromatic carbocycles. The van der Waals surface area contributed by atoms with Crippen LogP contribution in [0, 0.1) is 0 Å². The Morgan fingerprint density at radius 1 is 0.774 bits per heavy atom. The Kier molecular flexibility index (Phi) is 4.25. The SMILES string of the molecule is Oc1ccc2c(c1)Cc1c(-c3ccccc3O)cc(-c3cccc(C(F)(F)F)c3)nc1-2. The average molecular weight is 419 g/mol. The summed E-state index contributed by atoms with van der Waals surface area (Å²) in [5, 5.41) is 20.3. The standard InChI is InChI=1S/C25H16F3NO2/c26-25(27,28)16-5-3-4-14(10-16)22-13-20(19-6-1-2-7-23(19)31)21-12-15-11-17(30)8-9-18(15)24(21)29-22/h1-11,13,30-31H,12H2. The molecule has 1 aliphatic carbocycles. The van der Waals surface area contributed by atoms with Gasteiger partial charge in [0.2, 0.25) is 0 Å². The van der Waals surface area contributed by atoms with Crippen molar-refractivity contribution in [1.29, 1.82) is 0 Å². The number of benzene rings is 3. The number of hydrogen-bond donors (Lipinski definition) is 2. The Labute approximate surface area is 176 Å². The lowest BCUT2D eigenvalue weighted by Gasteiger charge is -2.14. The van der Waals surface area contributed by atoms with E-state index in [1.54, 1.807) is 54.6 Å². The fraction of sp³-hybridized carbons (Fsp3) is 0.0800. The van der Waals surface area contributed by atoms with E-state index in [1.807, 2.05) is 0 Å². The highest BCUT2D eigenvalue weighted by atomic mass is 19.4. The zero-order valence-corrected chi connectivity index (χ0v) is 16.1. The summed E-state index contributed by atoms with van der Waals surface area (Å²) in [5.74, 6) is 0.207. The van der Waals surface area contributed by atoms with Gasteiger partial charge in [-0.3, -0.25) is 0 Å². The molecule has 1 heterocycles. The molecule has 1 aromatic heterocycles. The van der Waals surface area contributed by atoms with Gasteiger partial charge >= 0.3 is 6.18 Å². The molecule has 0 fully saturated rings. The topological polar surface area (TPSA) is 53.4 Å². The van der Waals surface area contributed by atoms with E-state index in [4.69, 9.17) is 4.98 Å². The second kappa shape index (κ2) is 6.87. The lowest BCUT2D eigenvalue weighted by molar-refractivity contribution is -0.137. The predicted octanol–water partition coefficient (Wildman–Crippen LogP) is 6.42. The molecule has 31 heavy (non-hydrogen) atoms. The quantitative estimate of drug-likeness (QED) is 0.347. The molecule has 2 N–H and O–H groups in total. The monoisotopic (exact) mass is 419 g/mol. The zero-order chi connectivity index (χ0) is 21.8. The summed E-state index contributed by atoms with van der Waals surface area (Å²) in [6.45, 7) is 0. The molecular weight excluding hydrogens is 403 g/mol. The molecule has 1 aliphatic rings. The molecule has 0 unspecified atom stereocenters. The lowest BCUT2D eigenvalue weighted by atomic mass is 9.95. The Morgan fingerprint density at radius 2 is 1.58 bits per heavy atom. The minimum absolute atomic E-state index is 0.0738. The third kappa shape index (κ3) is 3.30. The molecular formula is C25H16F3NO2. The Bertz CT molecular complexity index is 1330. The van der Waals surface area contributed by atoms with Crippen molar-refractivity contribution in [2.45, 2.75) is 12.6 Å². The van der Waals surface area contributed by atoms with Crippen LogP contribution in [0.5, 0.6) is 11.5 Å². The van der Waals surface area contributed by atoms with Crippen LogP contribution in [0.15, 0.2) is 72.8 Å². The predicted molar refractivity (Wildman–Crippen MR) is 112 cm³/mol. The Balaban J connectivity index is 1.77. The molecule has 154 valence electrons. The van der Waals surface area contributed by atoms with Crippen molar-refractivity contribution < 1.29 is 23.4 Å². The van der Waals surface area contributed by atoms with Crippen molar-refractivity contribution in [3.05, 3.63) is 89.5 Å². The van der Waals surface area contributed by atoms with Gasteiger partial charge in [-0.2, -0.15) is 13.2 Å². The maximum Gasteiger partial charge on any atom is 0.416 e. The second-order valence-electron chi connectivity index (χ2n) is 7.50. The summed E-state index contributed by atoms with van der Waals surface area (Å²) in [6.07, 6.45) is -3.96. The maximum atomic E-state index is 13.3. The van der Waals surface area contributed by atoms with E-state index in [9.17, 15) is 23.4 Å². The van der Waals surface area contributed by atoms with Gasteiger partial charge in [0, 0.05) is 23.1 Å². The zero-order valence-electron chi connectivity index (χ0n) is 16.1. The van der Waals surface area contributed by atoms with E-state index in [-0.39, 0.29) is 11.5 Å². The van der Waals surface area contributed by atoms with Gasteiger partial charge in [0.05, 0.1) is 17.0 Å². The fourth-order valence-electron chi connectivity index (χ4n) is 4.07. The molecule has 5 rings (SSSR count). The fourth-order valence-corrected chi connectivity index (χ4v) is 4.07. The molecule has 0 amide bonds. The lowest BCUT2D eigenvalue weighted by Crippen LogP contribution is -2.04. The third-order valence-corrected chi connectivity index (χ3v) is 5.52. The molecule has 0 saturated carbocycles. The second-order valence-corrected chi connectivity index (χ2v) is 7.50. The van der Waals surface area contributed by atoms with Gasteiger partial charge in [0.1, 0.15) is 11.5 Å². The van der Waals surface area contributed by atoms with Crippen LogP contribution in [0.4, 0.5) is 13.2 Å². The third-order valence-electron chi connectivity index (χ3n) is 5.52. The van der Waals surface area contributed by atoms with E-state index in [0.717, 1.165) is 28.8 Å². The molecule has 0 aliphatic heterocycles. The van der Waals surface area contributed by atoms with Gasteiger partial charge in [-0.25, -0.2) is 4.98 Å². The first-order valence-corrected chi connectivity index (χ1v) is 9.63. The van der Waals surface area contributed by atoms with Crippen LogP contribution in [0.1, 0.15) is 16.7 Å². The normalized spacial score (nSPS) is 12.5. The van der Waals surface area contributed by atoms with E-state index < -0.39 is 11.7 Å². The van der Waals surface area contributed by atoms with Crippen LogP contribution in [-0.4, -0.2) is 15.2 Å². The minimum atomic E-state index is -4.46. The Morgan fingerprint density at radius 3 is 2.35 bits per heavy atom. The number of phenols is 2. The largest absolute Gasteiger partial charge is 0.508 e. The molecule has 4 aromatic rings. The van der Waals surface area contributed by atoms with Crippen LogP contribution in [0.3, 0.4) is 0 Å². The number of fused-ring (bicyclic) bond motifs is 3. The van der Waals surface area contributed by atoms with Crippen molar-refractivity contribution in [1.82, 2.24) is 4.98 Å². The van der Waals surface area contributed by atoms with Crippen molar-refractivity contribution in [3.63, 3.8) is 0 Å². The smallest absolute Gasteiger partial charge is 0.416 e. The van der Waals surface area contributed by atoms with Gasteiger partial charge in [0.25, 0.3) is 0 Å². The first-order valence-electron chi connectivity index (χ1n) is 9.63. The Hall–Kier alpha value is -3.80. The number of alkyl halides is 3. The summed E-state index contributed by atoms with van der Waals surface area (Å²) in [4.78, 5) is 4.70. The number of pyridine rings is 1. The van der Waals surface area contributed by atoms with Gasteiger partial charge < -0.3 is 10.2 Å². The van der Waals surface area contributed by atoms with Crippen LogP contribution >= 0.6 is 0 Å². The summed E-state index contributed by atoms with van der Waals surface area (Å²) in [7, 11) is 0. The van der Waals surface area contributed by atoms with E-state index >= 15 is 0 Å². The maximum absolute atomic E-state index is 13.3. The van der Waals surface area contributed by atoms with Crippen molar-refractivity contribution in [3.8, 4) is 45.1 Å². The van der Waals surface area contributed by atoms with E-state index in [0.29, 0.717) is 34.5 Å². The number of phenolic OH excluding ortho intramolecular Hbond substituents is 2. The summed E-state index contributed by atoms with van der Waals surface area (Å²) < 4.78 is 39.8. The number of rotatable bonds is 2.